The summed E-state index contributed by atoms with van der Waals surface area (Å²) in [5.74, 6) is 2.03. The summed E-state index contributed by atoms with van der Waals surface area (Å²) in [4.78, 5) is 9.66. The van der Waals surface area contributed by atoms with Crippen LogP contribution in [0.4, 0.5) is 0 Å². The molecule has 0 aromatic heterocycles. The molecule has 1 heterocycles. The van der Waals surface area contributed by atoms with Crippen molar-refractivity contribution in [1.29, 1.82) is 5.26 Å². The van der Waals surface area contributed by atoms with Crippen molar-refractivity contribution in [3.63, 3.8) is 0 Å². The first kappa shape index (κ1) is 12.9. The molecule has 16 heavy (non-hydrogen) atoms. The Kier molecular flexibility index (Phi) is 3.89. The van der Waals surface area contributed by atoms with Gasteiger partial charge in [-0.05, 0) is 26.1 Å². The molecule has 0 saturated carbocycles. The molecule has 0 aromatic carbocycles. The van der Waals surface area contributed by atoms with Crippen molar-refractivity contribution in [2.75, 3.05) is 13.2 Å². The van der Waals surface area contributed by atoms with E-state index in [1.807, 2.05) is 13.8 Å². The maximum atomic E-state index is 10.2. The highest BCUT2D eigenvalue weighted by atomic mass is 16.6. The zero-order valence-electron chi connectivity index (χ0n) is 9.42. The number of aliphatic hydroxyl groups excluding tert-OH is 1. The third kappa shape index (κ3) is 2.93. The van der Waals surface area contributed by atoms with Crippen LogP contribution in [0.15, 0.2) is 0 Å². The number of nitrogens with zero attached hydrogens (tertiary/aromatic N) is 2. The molecule has 0 radical (unpaired) electrons. The number of hydrogen-bond acceptors (Lipinski definition) is 5. The average Bonchev–Trinajstić information content (AvgIpc) is 2.39. The lowest BCUT2D eigenvalue weighted by Gasteiger charge is -2.19. The van der Waals surface area contributed by atoms with Crippen LogP contribution in [0.1, 0.15) is 20.3 Å². The Morgan fingerprint density at radius 1 is 1.81 bits per heavy atom. The minimum absolute atomic E-state index is 0.130. The monoisotopic (exact) mass is 226 g/mol. The van der Waals surface area contributed by atoms with Gasteiger partial charge in [0.05, 0.1) is 5.50 Å². The molecule has 1 rings (SSSR count). The Morgan fingerprint density at radius 3 is 2.94 bits per heavy atom. The van der Waals surface area contributed by atoms with Crippen LogP contribution in [0.3, 0.4) is 0 Å². The first-order valence-corrected chi connectivity index (χ1v) is 5.20. The lowest BCUT2D eigenvalue weighted by atomic mass is 9.34. The van der Waals surface area contributed by atoms with E-state index in [1.54, 1.807) is 0 Å². The summed E-state index contributed by atoms with van der Waals surface area (Å²) in [5.41, 5.74) is -0.534. The number of aliphatic hydroxyl groups is 1. The molecule has 6 nitrogen and oxygen atoms in total. The van der Waals surface area contributed by atoms with Gasteiger partial charge in [0.15, 0.2) is 0 Å². The number of nitro groups is 1. The Bertz CT molecular complexity index is 315. The van der Waals surface area contributed by atoms with E-state index in [-0.39, 0.29) is 19.0 Å². The summed E-state index contributed by atoms with van der Waals surface area (Å²) >= 11 is 0. The highest BCUT2D eigenvalue weighted by molar-refractivity contribution is 6.71. The average molecular weight is 226 g/mol. The second-order valence-corrected chi connectivity index (χ2v) is 4.69. The van der Waals surface area contributed by atoms with Gasteiger partial charge in [0.25, 0.3) is 0 Å². The number of nitriles is 1. The van der Waals surface area contributed by atoms with Crippen LogP contribution in [-0.4, -0.2) is 41.5 Å². The molecule has 0 aliphatic carbocycles. The predicted octanol–water partition coefficient (Wildman–Crippen LogP) is 0.290. The van der Waals surface area contributed by atoms with Crippen LogP contribution in [0.5, 0.6) is 0 Å². The topological polar surface area (TPSA) is 96.4 Å². The van der Waals surface area contributed by atoms with E-state index in [0.717, 1.165) is 0 Å². The Hall–Kier alpha value is -1.13. The van der Waals surface area contributed by atoms with Crippen LogP contribution in [0, 0.1) is 21.3 Å². The zero-order valence-corrected chi connectivity index (χ0v) is 9.42. The van der Waals surface area contributed by atoms with Crippen molar-refractivity contribution in [3.8, 4) is 5.97 Å². The number of hydrogen-bond donors (Lipinski definition) is 1. The van der Waals surface area contributed by atoms with Crippen LogP contribution in [0.25, 0.3) is 0 Å². The highest BCUT2D eigenvalue weighted by Crippen LogP contribution is 2.35. The second-order valence-electron chi connectivity index (χ2n) is 4.69. The van der Waals surface area contributed by atoms with Gasteiger partial charge in [0.1, 0.15) is 6.10 Å². The van der Waals surface area contributed by atoms with Gasteiger partial charge in [-0.25, -0.2) is 5.26 Å². The molecule has 2 atom stereocenters. The maximum Gasteiger partial charge on any atom is 0.307 e. The molecule has 1 aliphatic rings. The van der Waals surface area contributed by atoms with Crippen molar-refractivity contribution in [2.24, 2.45) is 0 Å². The van der Waals surface area contributed by atoms with E-state index in [0.29, 0.717) is 6.61 Å². The zero-order chi connectivity index (χ0) is 12.3. The van der Waals surface area contributed by atoms with E-state index in [9.17, 15) is 15.2 Å². The fraction of sp³-hybridized carbons (Fsp3) is 0.889. The SMILES string of the molecule is CC1(C)OCC(CC(O)C[N+](=O)[O-])B1C#N. The summed E-state index contributed by atoms with van der Waals surface area (Å²) in [7, 11) is 0. The molecule has 0 aromatic rings. The fourth-order valence-corrected chi connectivity index (χ4v) is 2.14. The molecular weight excluding hydrogens is 211 g/mol. The van der Waals surface area contributed by atoms with Crippen LogP contribution < -0.4 is 0 Å². The lowest BCUT2D eigenvalue weighted by Crippen LogP contribution is -2.38. The standard InChI is InChI=1S/C9H15BN2O4/c1-9(2)10(6-11)7(5-16-9)3-8(13)4-12(14)15/h7-8,13H,3-5H2,1-2H3. The predicted molar refractivity (Wildman–Crippen MR) is 57.6 cm³/mol. The minimum atomic E-state index is -1.01. The van der Waals surface area contributed by atoms with E-state index in [1.165, 1.54) is 0 Å². The number of ether oxygens (including phenoxy) is 1. The molecule has 1 N–H and O–H groups in total. The van der Waals surface area contributed by atoms with Gasteiger partial charge in [-0.15, -0.1) is 0 Å². The van der Waals surface area contributed by atoms with E-state index in [2.05, 4.69) is 5.97 Å². The molecule has 1 aliphatic heterocycles. The maximum absolute atomic E-state index is 10.2. The molecule has 0 bridgehead atoms. The first-order valence-electron chi connectivity index (χ1n) is 5.20. The second kappa shape index (κ2) is 4.81. The van der Waals surface area contributed by atoms with Crippen LogP contribution >= 0.6 is 0 Å². The molecule has 1 saturated heterocycles. The van der Waals surface area contributed by atoms with Crippen molar-refractivity contribution in [3.05, 3.63) is 10.1 Å². The summed E-state index contributed by atoms with van der Waals surface area (Å²) in [6.45, 7) is 3.21. The molecule has 0 amide bonds. The van der Waals surface area contributed by atoms with Crippen molar-refractivity contribution in [2.45, 2.75) is 37.7 Å². The Balaban J connectivity index is 2.56. The van der Waals surface area contributed by atoms with Crippen molar-refractivity contribution in [1.82, 2.24) is 0 Å². The largest absolute Gasteiger partial charge is 0.386 e. The molecule has 1 fully saturated rings. The van der Waals surface area contributed by atoms with Gasteiger partial charge >= 0.3 is 6.71 Å². The van der Waals surface area contributed by atoms with Crippen LogP contribution in [0.2, 0.25) is 5.82 Å². The Morgan fingerprint density at radius 2 is 2.44 bits per heavy atom. The van der Waals surface area contributed by atoms with Gasteiger partial charge in [-0.2, -0.15) is 0 Å². The summed E-state index contributed by atoms with van der Waals surface area (Å²) in [5, 5.41) is 28.7. The first-order chi connectivity index (χ1) is 7.36. The van der Waals surface area contributed by atoms with E-state index >= 15 is 0 Å². The van der Waals surface area contributed by atoms with Crippen LogP contribution in [-0.2, 0) is 4.74 Å². The fourth-order valence-electron chi connectivity index (χ4n) is 2.14. The van der Waals surface area contributed by atoms with E-state index in [4.69, 9.17) is 10.00 Å². The molecule has 88 valence electrons. The molecule has 2 unspecified atom stereocenters. The summed E-state index contributed by atoms with van der Waals surface area (Å²) in [6.07, 6.45) is -0.767. The third-order valence-electron chi connectivity index (χ3n) is 2.96. The third-order valence-corrected chi connectivity index (χ3v) is 2.96. The highest BCUT2D eigenvalue weighted by Gasteiger charge is 2.48. The number of rotatable bonds is 4. The van der Waals surface area contributed by atoms with E-state index < -0.39 is 23.1 Å². The quantitative estimate of drug-likeness (QED) is 0.422. The normalized spacial score (nSPS) is 25.1. The molecule has 7 heteroatoms. The van der Waals surface area contributed by atoms with Gasteiger partial charge in [0, 0.05) is 17.5 Å². The van der Waals surface area contributed by atoms with Crippen molar-refractivity contribution >= 4 is 6.71 Å². The lowest BCUT2D eigenvalue weighted by molar-refractivity contribution is -0.490. The van der Waals surface area contributed by atoms with Gasteiger partial charge in [-0.3, -0.25) is 10.1 Å². The van der Waals surface area contributed by atoms with Gasteiger partial charge in [-0.1, -0.05) is 0 Å². The smallest absolute Gasteiger partial charge is 0.307 e. The Labute approximate surface area is 94.4 Å². The van der Waals surface area contributed by atoms with Gasteiger partial charge < -0.3 is 9.84 Å². The van der Waals surface area contributed by atoms with Crippen molar-refractivity contribution < 1.29 is 14.8 Å². The van der Waals surface area contributed by atoms with Gasteiger partial charge in [0.2, 0.25) is 6.54 Å². The molecule has 0 spiro atoms. The molecular formula is C9H15BN2O4. The summed E-state index contributed by atoms with van der Waals surface area (Å²) in [6, 6.07) is 0. The summed E-state index contributed by atoms with van der Waals surface area (Å²) < 4.78 is 5.46. The minimum Gasteiger partial charge on any atom is -0.386 e.